The number of anilines is 1. The van der Waals surface area contributed by atoms with Crippen LogP contribution < -0.4 is 19.7 Å². The highest BCUT2D eigenvalue weighted by Gasteiger charge is 2.25. The molecule has 1 aliphatic heterocycles. The smallest absolute Gasteiger partial charge is 0.227 e. The number of nitrogens with zero attached hydrogens (tertiary/aromatic N) is 2. The first-order valence-electron chi connectivity index (χ1n) is 11.0. The van der Waals surface area contributed by atoms with Gasteiger partial charge in [-0.2, -0.15) is 0 Å². The average molecular weight is 412 g/mol. The van der Waals surface area contributed by atoms with Gasteiger partial charge in [0.05, 0.1) is 19.1 Å². The van der Waals surface area contributed by atoms with Gasteiger partial charge < -0.3 is 19.7 Å². The fourth-order valence-corrected chi connectivity index (χ4v) is 3.56. The Hall–Kier alpha value is -2.76. The van der Waals surface area contributed by atoms with Crippen LogP contribution in [0.3, 0.4) is 0 Å². The van der Waals surface area contributed by atoms with Crippen molar-refractivity contribution in [2.75, 3.05) is 31.1 Å². The molecule has 1 saturated heterocycles. The zero-order valence-electron chi connectivity index (χ0n) is 18.3. The largest absolute Gasteiger partial charge is 0.489 e. The molecule has 1 N–H and O–H groups in total. The minimum Gasteiger partial charge on any atom is -0.489 e. The number of nitrogens with one attached hydrogen (secondary N) is 1. The van der Waals surface area contributed by atoms with Crippen LogP contribution in [0.25, 0.3) is 0 Å². The molecule has 1 aliphatic rings. The van der Waals surface area contributed by atoms with Crippen LogP contribution in [0.1, 0.15) is 51.5 Å². The maximum atomic E-state index is 12.0. The van der Waals surface area contributed by atoms with E-state index < -0.39 is 0 Å². The fourth-order valence-electron chi connectivity index (χ4n) is 3.56. The number of hydrogen-bond donors (Lipinski definition) is 1. The summed E-state index contributed by atoms with van der Waals surface area (Å²) in [5.41, 5.74) is 2.11. The number of hydrogen-bond acceptors (Lipinski definition) is 5. The lowest BCUT2D eigenvalue weighted by Crippen LogP contribution is -2.27. The second-order valence-corrected chi connectivity index (χ2v) is 7.71. The molecule has 6 heteroatoms. The summed E-state index contributed by atoms with van der Waals surface area (Å²) in [4.78, 5) is 18.6. The molecule has 2 heterocycles. The van der Waals surface area contributed by atoms with Gasteiger partial charge in [0.15, 0.2) is 0 Å². The van der Waals surface area contributed by atoms with E-state index in [1.807, 2.05) is 50.2 Å². The number of rotatable bonds is 10. The van der Waals surface area contributed by atoms with Crippen LogP contribution in [-0.2, 0) is 4.79 Å². The number of pyridine rings is 1. The lowest BCUT2D eigenvalue weighted by atomic mass is 10.0. The summed E-state index contributed by atoms with van der Waals surface area (Å²) in [7, 11) is 0. The third-order valence-electron chi connectivity index (χ3n) is 5.40. The van der Waals surface area contributed by atoms with Crippen molar-refractivity contribution < 1.29 is 14.3 Å². The van der Waals surface area contributed by atoms with E-state index in [2.05, 4.69) is 22.1 Å². The molecule has 0 radical (unpaired) electrons. The van der Waals surface area contributed by atoms with Crippen LogP contribution in [0, 0.1) is 0 Å². The van der Waals surface area contributed by atoms with Gasteiger partial charge in [0.25, 0.3) is 0 Å². The molecular weight excluding hydrogens is 378 g/mol. The molecule has 3 rings (SSSR count). The fraction of sp³-hybridized carbons (Fsp3) is 0.500. The molecule has 1 amide bonds. The van der Waals surface area contributed by atoms with E-state index in [0.29, 0.717) is 19.0 Å². The van der Waals surface area contributed by atoms with Gasteiger partial charge in [-0.25, -0.2) is 4.98 Å². The van der Waals surface area contributed by atoms with Crippen molar-refractivity contribution in [3.8, 4) is 11.6 Å². The quantitative estimate of drug-likeness (QED) is 0.595. The van der Waals surface area contributed by atoms with E-state index in [9.17, 15) is 4.79 Å². The summed E-state index contributed by atoms with van der Waals surface area (Å²) in [5, 5.41) is 2.87. The minimum atomic E-state index is -0.165. The molecule has 0 saturated carbocycles. The van der Waals surface area contributed by atoms with E-state index in [-0.39, 0.29) is 17.9 Å². The highest BCUT2D eigenvalue weighted by atomic mass is 16.5. The molecule has 6 nitrogen and oxygen atoms in total. The highest BCUT2D eigenvalue weighted by molar-refractivity contribution is 5.83. The average Bonchev–Trinajstić information content (AvgIpc) is 3.23. The Morgan fingerprint density at radius 1 is 1.27 bits per heavy atom. The Labute approximate surface area is 179 Å². The summed E-state index contributed by atoms with van der Waals surface area (Å²) in [6.45, 7) is 9.11. The Bertz CT molecular complexity index is 810. The van der Waals surface area contributed by atoms with Crippen LogP contribution in [-0.4, -0.2) is 43.2 Å². The Morgan fingerprint density at radius 2 is 2.07 bits per heavy atom. The van der Waals surface area contributed by atoms with Crippen LogP contribution in [0.2, 0.25) is 0 Å². The number of amides is 1. The second-order valence-electron chi connectivity index (χ2n) is 7.71. The van der Waals surface area contributed by atoms with Gasteiger partial charge >= 0.3 is 0 Å². The molecule has 0 spiro atoms. The van der Waals surface area contributed by atoms with Gasteiger partial charge in [-0.15, -0.1) is 0 Å². The molecule has 1 aromatic heterocycles. The molecule has 1 aromatic carbocycles. The molecule has 30 heavy (non-hydrogen) atoms. The monoisotopic (exact) mass is 411 g/mol. The summed E-state index contributed by atoms with van der Waals surface area (Å²) in [6, 6.07) is 11.9. The summed E-state index contributed by atoms with van der Waals surface area (Å²) < 4.78 is 11.9. The third-order valence-corrected chi connectivity index (χ3v) is 5.40. The number of unbranched alkanes of at least 4 members (excludes halogenated alkanes) is 1. The van der Waals surface area contributed by atoms with Crippen LogP contribution in [0.15, 0.2) is 42.6 Å². The number of benzene rings is 1. The van der Waals surface area contributed by atoms with E-state index in [0.717, 1.165) is 49.4 Å². The Morgan fingerprint density at radius 3 is 2.80 bits per heavy atom. The van der Waals surface area contributed by atoms with Gasteiger partial charge in [0.2, 0.25) is 11.8 Å². The van der Waals surface area contributed by atoms with Crippen LogP contribution >= 0.6 is 0 Å². The van der Waals surface area contributed by atoms with Crippen molar-refractivity contribution in [3.05, 3.63) is 48.2 Å². The van der Waals surface area contributed by atoms with Crippen molar-refractivity contribution in [3.63, 3.8) is 0 Å². The van der Waals surface area contributed by atoms with Gasteiger partial charge in [0.1, 0.15) is 11.9 Å². The van der Waals surface area contributed by atoms with Gasteiger partial charge in [-0.3, -0.25) is 4.79 Å². The molecule has 2 atom stereocenters. The lowest BCUT2D eigenvalue weighted by molar-refractivity contribution is -0.122. The number of aromatic nitrogens is 1. The minimum absolute atomic E-state index is 0.0491. The van der Waals surface area contributed by atoms with Crippen LogP contribution in [0.5, 0.6) is 11.6 Å². The van der Waals surface area contributed by atoms with E-state index in [1.165, 1.54) is 0 Å². The number of likely N-dealkylation sites (N-methyl/N-ethyl adjacent to an activating group) is 1. The SMILES string of the molecule is CCCCOc1cc(N2CCC(Oc3ccc(C(C)C(=O)NCC)cc3)C2)ccn1. The highest BCUT2D eigenvalue weighted by Crippen LogP contribution is 2.26. The third kappa shape index (κ3) is 5.88. The summed E-state index contributed by atoms with van der Waals surface area (Å²) in [5.74, 6) is 1.41. The summed E-state index contributed by atoms with van der Waals surface area (Å²) in [6.07, 6.45) is 5.04. The molecular formula is C24H33N3O3. The predicted octanol–water partition coefficient (Wildman–Crippen LogP) is 4.16. The predicted molar refractivity (Wildman–Crippen MR) is 119 cm³/mol. The first-order chi connectivity index (χ1) is 14.6. The van der Waals surface area contributed by atoms with Gasteiger partial charge in [-0.05, 0) is 44.0 Å². The van der Waals surface area contributed by atoms with Crippen molar-refractivity contribution >= 4 is 11.6 Å². The van der Waals surface area contributed by atoms with E-state index >= 15 is 0 Å². The van der Waals surface area contributed by atoms with E-state index in [1.54, 1.807) is 6.20 Å². The molecule has 1 fully saturated rings. The normalized spacial score (nSPS) is 16.9. The van der Waals surface area contributed by atoms with Gasteiger partial charge in [-0.1, -0.05) is 25.5 Å². The second kappa shape index (κ2) is 10.9. The zero-order valence-corrected chi connectivity index (χ0v) is 18.3. The topological polar surface area (TPSA) is 63.7 Å². The molecule has 2 unspecified atom stereocenters. The maximum absolute atomic E-state index is 12.0. The summed E-state index contributed by atoms with van der Waals surface area (Å²) >= 11 is 0. The van der Waals surface area contributed by atoms with E-state index in [4.69, 9.17) is 9.47 Å². The van der Waals surface area contributed by atoms with Crippen molar-refractivity contribution in [1.29, 1.82) is 0 Å². The number of carbonyl (C=O) groups is 1. The van der Waals surface area contributed by atoms with Crippen molar-refractivity contribution in [2.45, 2.75) is 52.1 Å². The zero-order chi connectivity index (χ0) is 21.3. The lowest BCUT2D eigenvalue weighted by Gasteiger charge is -2.20. The molecule has 2 aromatic rings. The standard InChI is InChI=1S/C24H33N3O3/c1-4-6-15-29-23-16-20(11-13-26-23)27-14-12-22(17-27)30-21-9-7-19(8-10-21)18(3)24(28)25-5-2/h7-11,13,16,18,22H,4-6,12,14-15,17H2,1-3H3,(H,25,28). The number of carbonyl (C=O) groups excluding carboxylic acids is 1. The van der Waals surface area contributed by atoms with Crippen molar-refractivity contribution in [2.24, 2.45) is 0 Å². The maximum Gasteiger partial charge on any atom is 0.227 e. The Kier molecular flexibility index (Phi) is 7.94. The Balaban J connectivity index is 1.54. The molecule has 0 bridgehead atoms. The van der Waals surface area contributed by atoms with Gasteiger partial charge in [0, 0.05) is 37.5 Å². The van der Waals surface area contributed by atoms with Crippen molar-refractivity contribution in [1.82, 2.24) is 10.3 Å². The molecule has 0 aliphatic carbocycles. The first-order valence-corrected chi connectivity index (χ1v) is 11.0. The first kappa shape index (κ1) is 21.9. The van der Waals surface area contributed by atoms with Crippen LogP contribution in [0.4, 0.5) is 5.69 Å². The number of ether oxygens (including phenoxy) is 2. The molecule has 162 valence electrons.